The Balaban J connectivity index is 1.47. The minimum absolute atomic E-state index is 0.0727. The molecule has 0 fully saturated rings. The van der Waals surface area contributed by atoms with Crippen LogP contribution in [0.4, 0.5) is 16.3 Å². The highest BCUT2D eigenvalue weighted by Gasteiger charge is 2.44. The summed E-state index contributed by atoms with van der Waals surface area (Å²) in [5.74, 6) is 0.420. The van der Waals surface area contributed by atoms with Gasteiger partial charge in [-0.2, -0.15) is 5.10 Å². The van der Waals surface area contributed by atoms with Gasteiger partial charge in [-0.3, -0.25) is 9.89 Å². The minimum atomic E-state index is -1.02. The second kappa shape index (κ2) is 11.2. The van der Waals surface area contributed by atoms with Crippen molar-refractivity contribution in [2.45, 2.75) is 51.5 Å². The molecule has 4 rings (SSSR count). The number of amides is 3. The van der Waals surface area contributed by atoms with Crippen LogP contribution < -0.4 is 16.0 Å². The van der Waals surface area contributed by atoms with E-state index >= 15 is 0 Å². The number of nitrogens with one attached hydrogen (secondary N) is 4. The Morgan fingerprint density at radius 2 is 1.79 bits per heavy atom. The molecule has 0 spiro atoms. The van der Waals surface area contributed by atoms with E-state index < -0.39 is 11.8 Å². The maximum absolute atomic E-state index is 13.5. The first-order valence-electron chi connectivity index (χ1n) is 12.8. The summed E-state index contributed by atoms with van der Waals surface area (Å²) in [5, 5.41) is 27.3. The van der Waals surface area contributed by atoms with Gasteiger partial charge in [-0.1, -0.05) is 49.4 Å². The number of urea groups is 1. The van der Waals surface area contributed by atoms with E-state index in [-0.39, 0.29) is 18.0 Å². The summed E-state index contributed by atoms with van der Waals surface area (Å²) in [5.41, 5.74) is 3.36. The zero-order valence-corrected chi connectivity index (χ0v) is 22.6. The third-order valence-electron chi connectivity index (χ3n) is 6.87. The first kappa shape index (κ1) is 27.2. The molecule has 2 atom stereocenters. The number of benzene rings is 2. The zero-order chi connectivity index (χ0) is 27.4. The zero-order valence-electron chi connectivity index (χ0n) is 22.6. The largest absolute Gasteiger partial charge is 0.369 e. The van der Waals surface area contributed by atoms with Crippen LogP contribution in [0.5, 0.6) is 0 Å². The van der Waals surface area contributed by atoms with E-state index in [0.717, 1.165) is 16.8 Å². The topological polar surface area (TPSA) is 126 Å². The first-order valence-corrected chi connectivity index (χ1v) is 12.8. The summed E-state index contributed by atoms with van der Waals surface area (Å²) in [6.45, 7) is 6.74. The molecule has 202 valence electrons. The number of hydrogen-bond donors (Lipinski definition) is 5. The van der Waals surface area contributed by atoms with Gasteiger partial charge in [0.05, 0.1) is 23.8 Å². The number of carbonyl (C=O) groups excluding carboxylic acids is 2. The lowest BCUT2D eigenvalue weighted by Gasteiger charge is -2.34. The van der Waals surface area contributed by atoms with Crippen LogP contribution in [0.15, 0.2) is 54.6 Å². The van der Waals surface area contributed by atoms with Crippen molar-refractivity contribution >= 4 is 23.4 Å². The van der Waals surface area contributed by atoms with Gasteiger partial charge >= 0.3 is 6.03 Å². The lowest BCUT2D eigenvalue weighted by atomic mass is 10.0. The second-order valence-electron chi connectivity index (χ2n) is 10.3. The lowest BCUT2D eigenvalue weighted by molar-refractivity contribution is -0.115. The van der Waals surface area contributed by atoms with Gasteiger partial charge in [0.15, 0.2) is 12.0 Å². The van der Waals surface area contributed by atoms with Gasteiger partial charge in [-0.15, -0.1) is 0 Å². The highest BCUT2D eigenvalue weighted by atomic mass is 16.3. The Morgan fingerprint density at radius 3 is 2.42 bits per heavy atom. The smallest absolute Gasteiger partial charge is 0.319 e. The van der Waals surface area contributed by atoms with Crippen molar-refractivity contribution in [1.82, 2.24) is 25.3 Å². The number of anilines is 2. The van der Waals surface area contributed by atoms with Gasteiger partial charge in [0.1, 0.15) is 0 Å². The summed E-state index contributed by atoms with van der Waals surface area (Å²) in [4.78, 5) is 29.0. The Bertz CT molecular complexity index is 1260. The van der Waals surface area contributed by atoms with Gasteiger partial charge in [0.2, 0.25) is 5.91 Å². The Labute approximate surface area is 223 Å². The predicted octanol–water partition coefficient (Wildman–Crippen LogP) is 3.92. The lowest BCUT2D eigenvalue weighted by Crippen LogP contribution is -2.48. The molecular formula is C28H37N7O3. The molecule has 2 aromatic carbocycles. The van der Waals surface area contributed by atoms with Crippen molar-refractivity contribution < 1.29 is 14.7 Å². The van der Waals surface area contributed by atoms with Crippen molar-refractivity contribution in [3.05, 3.63) is 77.0 Å². The van der Waals surface area contributed by atoms with E-state index in [0.29, 0.717) is 36.6 Å². The number of fused-ring (bicyclic) bond motifs is 1. The van der Waals surface area contributed by atoms with Crippen LogP contribution in [0.1, 0.15) is 61.8 Å². The van der Waals surface area contributed by atoms with Crippen LogP contribution in [0.2, 0.25) is 0 Å². The van der Waals surface area contributed by atoms with Crippen molar-refractivity contribution in [2.24, 2.45) is 0 Å². The first-order chi connectivity index (χ1) is 18.1. The van der Waals surface area contributed by atoms with Crippen LogP contribution in [0.3, 0.4) is 0 Å². The molecule has 0 bridgehead atoms. The minimum Gasteiger partial charge on any atom is -0.369 e. The van der Waals surface area contributed by atoms with Gasteiger partial charge < -0.3 is 30.9 Å². The number of nitrogens with zero attached hydrogens (tertiary/aromatic N) is 3. The Hall–Kier alpha value is -3.89. The van der Waals surface area contributed by atoms with Gasteiger partial charge in [-0.05, 0) is 45.6 Å². The third kappa shape index (κ3) is 5.81. The average Bonchev–Trinajstić information content (AvgIpc) is 3.41. The fourth-order valence-electron chi connectivity index (χ4n) is 4.68. The van der Waals surface area contributed by atoms with E-state index in [9.17, 15) is 14.7 Å². The van der Waals surface area contributed by atoms with Crippen molar-refractivity contribution in [3.8, 4) is 0 Å². The molecule has 2 heterocycles. The fourth-order valence-corrected chi connectivity index (χ4v) is 4.68. The number of H-pyrrole nitrogens is 1. The normalized spacial score (nSPS) is 15.6. The number of aliphatic hydroxyl groups is 1. The summed E-state index contributed by atoms with van der Waals surface area (Å²) < 4.78 is 0. The molecular weight excluding hydrogens is 482 g/mol. The van der Waals surface area contributed by atoms with Crippen LogP contribution in [0.25, 0.3) is 0 Å². The monoisotopic (exact) mass is 519 g/mol. The summed E-state index contributed by atoms with van der Waals surface area (Å²) in [7, 11) is 3.97. The highest BCUT2D eigenvalue weighted by molar-refractivity contribution is 5.90. The molecule has 0 saturated carbocycles. The number of hydrogen-bond acceptors (Lipinski definition) is 6. The quantitative estimate of drug-likeness (QED) is 0.273. The highest BCUT2D eigenvalue weighted by Crippen LogP contribution is 2.41. The molecule has 0 aliphatic carbocycles. The molecule has 3 amide bonds. The number of likely N-dealkylation sites (N-methyl/N-ethyl adjacent to an activating group) is 1. The number of aromatic nitrogens is 2. The molecule has 1 unspecified atom stereocenters. The Kier molecular flexibility index (Phi) is 8.03. The van der Waals surface area contributed by atoms with E-state index in [4.69, 9.17) is 0 Å². The van der Waals surface area contributed by atoms with Crippen molar-refractivity contribution in [1.29, 1.82) is 0 Å². The molecule has 1 aliphatic heterocycles. The van der Waals surface area contributed by atoms with Crippen molar-refractivity contribution in [3.63, 3.8) is 0 Å². The van der Waals surface area contributed by atoms with E-state index in [1.165, 1.54) is 0 Å². The van der Waals surface area contributed by atoms with Crippen LogP contribution in [0, 0.1) is 0 Å². The summed E-state index contributed by atoms with van der Waals surface area (Å²) in [6.07, 6.45) is -0.628. The number of carbonyl (C=O) groups is 2. The van der Waals surface area contributed by atoms with E-state index in [2.05, 4.69) is 26.1 Å². The molecule has 10 nitrogen and oxygen atoms in total. The van der Waals surface area contributed by atoms with E-state index in [1.807, 2.05) is 63.2 Å². The molecule has 0 saturated heterocycles. The summed E-state index contributed by atoms with van der Waals surface area (Å²) in [6, 6.07) is 16.6. The molecule has 1 aliphatic rings. The van der Waals surface area contributed by atoms with Gasteiger partial charge in [-0.25, -0.2) is 4.79 Å². The van der Waals surface area contributed by atoms with Crippen LogP contribution in [-0.2, 0) is 16.9 Å². The third-order valence-corrected chi connectivity index (χ3v) is 6.87. The molecule has 38 heavy (non-hydrogen) atoms. The molecule has 5 N–H and O–H groups in total. The summed E-state index contributed by atoms with van der Waals surface area (Å²) >= 11 is 0. The maximum atomic E-state index is 13.5. The standard InChI is InChI=1S/C28H37N7O3/c1-6-23(36)29-20-14-12-19(13-15-20)26(37)31-25-21-16-35(28(2,3)24(21)32-33-25)27(38)30-22(17-34(4)5)18-10-8-7-9-11-18/h7-15,22,26,37H,6,16-17H2,1-5H3,(H,29,36)(H,30,38)(H2,31,32,33)/t22-,26?/m1/s1. The predicted molar refractivity (Wildman–Crippen MR) is 147 cm³/mol. The van der Waals surface area contributed by atoms with Crippen LogP contribution >= 0.6 is 0 Å². The maximum Gasteiger partial charge on any atom is 0.319 e. The van der Waals surface area contributed by atoms with Crippen LogP contribution in [-0.4, -0.2) is 57.7 Å². The number of aliphatic hydroxyl groups excluding tert-OH is 1. The SMILES string of the molecule is CCC(=O)Nc1ccc(C(O)Nc2n[nH]c3c2CN(C(=O)N[C@H](CN(C)C)c2ccccc2)C3(C)C)cc1. The molecule has 10 heteroatoms. The average molecular weight is 520 g/mol. The number of rotatable bonds is 9. The Morgan fingerprint density at radius 1 is 1.11 bits per heavy atom. The molecule has 0 radical (unpaired) electrons. The van der Waals surface area contributed by atoms with E-state index in [1.54, 1.807) is 36.1 Å². The number of aromatic amines is 1. The van der Waals surface area contributed by atoms with Crippen molar-refractivity contribution in [2.75, 3.05) is 31.3 Å². The van der Waals surface area contributed by atoms with Gasteiger partial charge in [0.25, 0.3) is 0 Å². The van der Waals surface area contributed by atoms with Gasteiger partial charge in [0, 0.05) is 29.8 Å². The molecule has 1 aromatic heterocycles. The fraction of sp³-hybridized carbons (Fsp3) is 0.393. The second-order valence-corrected chi connectivity index (χ2v) is 10.3. The molecule has 3 aromatic rings.